The third-order valence-corrected chi connectivity index (χ3v) is 5.73. The van der Waals surface area contributed by atoms with Crippen LogP contribution in [0.25, 0.3) is 0 Å². The normalized spacial score (nSPS) is 18.2. The van der Waals surface area contributed by atoms with E-state index in [1.54, 1.807) is 0 Å². The van der Waals surface area contributed by atoms with Crippen LogP contribution in [0.5, 0.6) is 0 Å². The summed E-state index contributed by atoms with van der Waals surface area (Å²) in [7, 11) is 0. The number of piperazine rings is 1. The highest BCUT2D eigenvalue weighted by atomic mass is 35.5. The summed E-state index contributed by atoms with van der Waals surface area (Å²) in [5, 5.41) is -0.283. The fourth-order valence-electron chi connectivity index (χ4n) is 3.60. The van der Waals surface area contributed by atoms with Crippen LogP contribution in [0.4, 0.5) is 10.1 Å². The van der Waals surface area contributed by atoms with E-state index in [0.29, 0.717) is 13.1 Å². The summed E-state index contributed by atoms with van der Waals surface area (Å²) in [6.45, 7) is 3.47. The van der Waals surface area contributed by atoms with E-state index in [1.807, 2.05) is 23.1 Å². The van der Waals surface area contributed by atoms with Crippen molar-refractivity contribution in [1.82, 2.24) is 9.80 Å². The van der Waals surface area contributed by atoms with Crippen molar-refractivity contribution in [3.63, 3.8) is 0 Å². The number of amides is 2. The third-order valence-electron chi connectivity index (χ3n) is 5.10. The number of carbonyl (C=O) groups excluding carboxylic acids is 2. The Labute approximate surface area is 177 Å². The van der Waals surface area contributed by atoms with Crippen LogP contribution >= 0.6 is 23.2 Å². The zero-order valence-electron chi connectivity index (χ0n) is 15.4. The summed E-state index contributed by atoms with van der Waals surface area (Å²) in [4.78, 5) is 30.7. The molecule has 1 fully saturated rings. The van der Waals surface area contributed by atoms with E-state index in [2.05, 4.69) is 17.0 Å². The molecule has 0 aromatic heterocycles. The van der Waals surface area contributed by atoms with Crippen molar-refractivity contribution in [2.24, 2.45) is 0 Å². The van der Waals surface area contributed by atoms with Crippen molar-refractivity contribution < 1.29 is 14.0 Å². The first-order valence-electron chi connectivity index (χ1n) is 9.20. The van der Waals surface area contributed by atoms with Crippen molar-refractivity contribution in [2.45, 2.75) is 6.54 Å². The number of anilines is 1. The molecule has 29 heavy (non-hydrogen) atoms. The number of hydrogen-bond donors (Lipinski definition) is 0. The Kier molecular flexibility index (Phi) is 5.58. The van der Waals surface area contributed by atoms with Crippen molar-refractivity contribution in [3.8, 4) is 0 Å². The SMILES string of the molecule is O=C1C(Cl)=C(N2CCN(Cc3ccccc3)CC2)C(=O)N1c1ccc(F)c(Cl)c1. The maximum atomic E-state index is 13.4. The van der Waals surface area contributed by atoms with Gasteiger partial charge in [0.05, 0.1) is 10.7 Å². The smallest absolute Gasteiger partial charge is 0.283 e. The zero-order valence-corrected chi connectivity index (χ0v) is 17.0. The summed E-state index contributed by atoms with van der Waals surface area (Å²) in [6, 6.07) is 13.9. The molecule has 0 saturated carbocycles. The molecule has 0 N–H and O–H groups in total. The van der Waals surface area contributed by atoms with Crippen LogP contribution in [0.1, 0.15) is 5.56 Å². The minimum Gasteiger partial charge on any atom is -0.363 e. The molecular formula is C21H18Cl2FN3O2. The van der Waals surface area contributed by atoms with E-state index in [-0.39, 0.29) is 21.4 Å². The minimum atomic E-state index is -0.624. The van der Waals surface area contributed by atoms with Gasteiger partial charge in [0.1, 0.15) is 16.5 Å². The van der Waals surface area contributed by atoms with E-state index in [0.717, 1.165) is 30.6 Å². The van der Waals surface area contributed by atoms with E-state index in [4.69, 9.17) is 23.2 Å². The van der Waals surface area contributed by atoms with Gasteiger partial charge < -0.3 is 4.90 Å². The molecule has 0 radical (unpaired) electrons. The molecule has 0 unspecified atom stereocenters. The molecule has 2 aliphatic heterocycles. The molecule has 150 valence electrons. The fourth-order valence-corrected chi connectivity index (χ4v) is 4.06. The highest BCUT2D eigenvalue weighted by Crippen LogP contribution is 2.33. The van der Waals surface area contributed by atoms with E-state index < -0.39 is 17.6 Å². The van der Waals surface area contributed by atoms with Crippen molar-refractivity contribution in [2.75, 3.05) is 31.1 Å². The quantitative estimate of drug-likeness (QED) is 0.690. The molecule has 2 heterocycles. The summed E-state index contributed by atoms with van der Waals surface area (Å²) < 4.78 is 13.4. The number of carbonyl (C=O) groups is 2. The standard InChI is InChI=1S/C21H18Cl2FN3O2/c22-16-12-15(6-7-17(16)24)27-20(28)18(23)19(21(27)29)26-10-8-25(9-11-26)13-14-4-2-1-3-5-14/h1-7,12H,8-11,13H2. The Balaban J connectivity index is 1.47. The fraction of sp³-hybridized carbons (Fsp3) is 0.238. The predicted octanol–water partition coefficient (Wildman–Crippen LogP) is 3.62. The third kappa shape index (κ3) is 3.88. The zero-order chi connectivity index (χ0) is 20.5. The van der Waals surface area contributed by atoms with E-state index in [9.17, 15) is 14.0 Å². The van der Waals surface area contributed by atoms with Gasteiger partial charge in [-0.25, -0.2) is 9.29 Å². The molecule has 2 aromatic carbocycles. The Bertz CT molecular complexity index is 989. The topological polar surface area (TPSA) is 43.9 Å². The summed E-state index contributed by atoms with van der Waals surface area (Å²) in [5.74, 6) is -1.76. The summed E-state index contributed by atoms with van der Waals surface area (Å²) >= 11 is 12.0. The van der Waals surface area contributed by atoms with Crippen LogP contribution < -0.4 is 4.90 Å². The van der Waals surface area contributed by atoms with Gasteiger partial charge in [0.15, 0.2) is 0 Å². The molecule has 0 spiro atoms. The molecule has 2 aromatic rings. The lowest BCUT2D eigenvalue weighted by Crippen LogP contribution is -2.47. The van der Waals surface area contributed by atoms with Crippen LogP contribution in [0.3, 0.4) is 0 Å². The van der Waals surface area contributed by atoms with Crippen molar-refractivity contribution in [1.29, 1.82) is 0 Å². The molecule has 5 nitrogen and oxygen atoms in total. The first kappa shape index (κ1) is 19.9. The Hall–Kier alpha value is -2.41. The number of rotatable bonds is 4. The van der Waals surface area contributed by atoms with Gasteiger partial charge in [-0.05, 0) is 23.8 Å². The van der Waals surface area contributed by atoms with Gasteiger partial charge in [-0.2, -0.15) is 0 Å². The molecule has 8 heteroatoms. The Morgan fingerprint density at radius 3 is 2.24 bits per heavy atom. The second-order valence-corrected chi connectivity index (χ2v) is 7.74. The highest BCUT2D eigenvalue weighted by molar-refractivity contribution is 6.52. The van der Waals surface area contributed by atoms with E-state index >= 15 is 0 Å². The number of benzene rings is 2. The maximum absolute atomic E-state index is 13.4. The van der Waals surface area contributed by atoms with Crippen molar-refractivity contribution >= 4 is 40.7 Å². The van der Waals surface area contributed by atoms with Crippen molar-refractivity contribution in [3.05, 3.63) is 75.7 Å². The number of nitrogens with zero attached hydrogens (tertiary/aromatic N) is 3. The molecule has 0 atom stereocenters. The average Bonchev–Trinajstić information content (AvgIpc) is 2.94. The first-order valence-corrected chi connectivity index (χ1v) is 9.96. The summed E-state index contributed by atoms with van der Waals surface area (Å²) in [6.07, 6.45) is 0. The summed E-state index contributed by atoms with van der Waals surface area (Å²) in [5.41, 5.74) is 1.61. The highest BCUT2D eigenvalue weighted by Gasteiger charge is 2.42. The molecule has 0 aliphatic carbocycles. The van der Waals surface area contributed by atoms with Crippen LogP contribution in [0.2, 0.25) is 5.02 Å². The monoisotopic (exact) mass is 433 g/mol. The first-order chi connectivity index (χ1) is 14.0. The van der Waals surface area contributed by atoms with Gasteiger partial charge in [0.2, 0.25) is 0 Å². The maximum Gasteiger partial charge on any atom is 0.283 e. The van der Waals surface area contributed by atoms with E-state index in [1.165, 1.54) is 17.7 Å². The van der Waals surface area contributed by atoms with Gasteiger partial charge in [-0.15, -0.1) is 0 Å². The van der Waals surface area contributed by atoms with Crippen LogP contribution in [-0.2, 0) is 16.1 Å². The Morgan fingerprint density at radius 2 is 1.59 bits per heavy atom. The number of halogens is 3. The van der Waals surface area contributed by atoms with Crippen LogP contribution in [0.15, 0.2) is 59.3 Å². The lowest BCUT2D eigenvalue weighted by molar-refractivity contribution is -0.121. The lowest BCUT2D eigenvalue weighted by Gasteiger charge is -2.36. The Morgan fingerprint density at radius 1 is 0.897 bits per heavy atom. The van der Waals surface area contributed by atoms with Crippen LogP contribution in [-0.4, -0.2) is 47.8 Å². The average molecular weight is 434 g/mol. The second kappa shape index (κ2) is 8.14. The molecule has 2 amide bonds. The number of imide groups is 1. The van der Waals surface area contributed by atoms with Gasteiger partial charge in [-0.1, -0.05) is 53.5 Å². The minimum absolute atomic E-state index is 0.119. The predicted molar refractivity (Wildman–Crippen MR) is 110 cm³/mol. The molecule has 4 rings (SSSR count). The van der Waals surface area contributed by atoms with Gasteiger partial charge >= 0.3 is 0 Å². The van der Waals surface area contributed by atoms with Crippen LogP contribution in [0, 0.1) is 5.82 Å². The second-order valence-electron chi connectivity index (χ2n) is 6.96. The molecule has 1 saturated heterocycles. The largest absolute Gasteiger partial charge is 0.363 e. The van der Waals surface area contributed by atoms with Gasteiger partial charge in [-0.3, -0.25) is 14.5 Å². The number of hydrogen-bond acceptors (Lipinski definition) is 4. The molecular weight excluding hydrogens is 416 g/mol. The van der Waals surface area contributed by atoms with Gasteiger partial charge in [0, 0.05) is 32.7 Å². The van der Waals surface area contributed by atoms with Gasteiger partial charge in [0.25, 0.3) is 11.8 Å². The molecule has 0 bridgehead atoms. The lowest BCUT2D eigenvalue weighted by atomic mass is 10.2. The molecule has 2 aliphatic rings.